The topological polar surface area (TPSA) is 21.7 Å². The Morgan fingerprint density at radius 2 is 2.00 bits per heavy atom. The summed E-state index contributed by atoms with van der Waals surface area (Å²) in [5.41, 5.74) is 4.28. The lowest BCUT2D eigenvalue weighted by atomic mass is 9.95. The van der Waals surface area contributed by atoms with Crippen molar-refractivity contribution in [3.05, 3.63) is 41.5 Å². The second-order valence-electron chi connectivity index (χ2n) is 5.55. The minimum atomic E-state index is 0.0248. The van der Waals surface area contributed by atoms with Crippen LogP contribution >= 0.6 is 0 Å². The highest BCUT2D eigenvalue weighted by atomic mass is 16.7. The quantitative estimate of drug-likeness (QED) is 0.842. The molecule has 0 radical (unpaired) electrons. The van der Waals surface area contributed by atoms with Crippen LogP contribution in [0.1, 0.15) is 24.0 Å². The Morgan fingerprint density at radius 1 is 1.20 bits per heavy atom. The first-order valence-electron chi connectivity index (χ1n) is 7.53. The fourth-order valence-corrected chi connectivity index (χ4v) is 2.95. The molecule has 2 aliphatic rings. The van der Waals surface area contributed by atoms with E-state index in [0.29, 0.717) is 0 Å². The Labute approximate surface area is 121 Å². The maximum absolute atomic E-state index is 5.49. The molecule has 1 fully saturated rings. The summed E-state index contributed by atoms with van der Waals surface area (Å²) in [5.74, 6) is 0. The molecule has 3 nitrogen and oxygen atoms in total. The summed E-state index contributed by atoms with van der Waals surface area (Å²) in [5, 5.41) is 0. The molecule has 0 saturated carbocycles. The second-order valence-corrected chi connectivity index (χ2v) is 5.55. The Kier molecular flexibility index (Phi) is 4.51. The van der Waals surface area contributed by atoms with E-state index in [1.54, 1.807) is 0 Å². The molecule has 0 N–H and O–H groups in total. The van der Waals surface area contributed by atoms with Crippen molar-refractivity contribution in [3.63, 3.8) is 0 Å². The number of nitrogens with zero attached hydrogens (tertiary/aromatic N) is 1. The molecular formula is C17H23NO2. The van der Waals surface area contributed by atoms with Gasteiger partial charge in [0.25, 0.3) is 0 Å². The molecule has 1 saturated heterocycles. The Morgan fingerprint density at radius 3 is 2.70 bits per heavy atom. The van der Waals surface area contributed by atoms with Gasteiger partial charge in [0, 0.05) is 26.1 Å². The highest BCUT2D eigenvalue weighted by molar-refractivity contribution is 5.69. The zero-order valence-electron chi connectivity index (χ0n) is 12.2. The van der Waals surface area contributed by atoms with Gasteiger partial charge in [0.2, 0.25) is 0 Å². The van der Waals surface area contributed by atoms with E-state index in [9.17, 15) is 0 Å². The van der Waals surface area contributed by atoms with Gasteiger partial charge in [-0.2, -0.15) is 0 Å². The highest BCUT2D eigenvalue weighted by Crippen LogP contribution is 2.25. The number of benzene rings is 1. The van der Waals surface area contributed by atoms with E-state index in [0.717, 1.165) is 45.7 Å². The highest BCUT2D eigenvalue weighted by Gasteiger charge is 2.19. The third-order valence-electron chi connectivity index (χ3n) is 4.16. The Bertz CT molecular complexity index is 478. The predicted octanol–water partition coefficient (Wildman–Crippen LogP) is 2.85. The van der Waals surface area contributed by atoms with Gasteiger partial charge in [-0.1, -0.05) is 30.3 Å². The van der Waals surface area contributed by atoms with Crippen molar-refractivity contribution in [2.45, 2.75) is 26.1 Å². The summed E-state index contributed by atoms with van der Waals surface area (Å²) in [4.78, 5) is 2.48. The monoisotopic (exact) mass is 273 g/mol. The average molecular weight is 273 g/mol. The third-order valence-corrected chi connectivity index (χ3v) is 4.16. The van der Waals surface area contributed by atoms with E-state index in [-0.39, 0.29) is 6.29 Å². The van der Waals surface area contributed by atoms with Crippen molar-refractivity contribution in [1.29, 1.82) is 0 Å². The molecule has 2 aliphatic heterocycles. The van der Waals surface area contributed by atoms with Crippen LogP contribution in [-0.2, 0) is 9.47 Å². The van der Waals surface area contributed by atoms with Crippen LogP contribution in [-0.4, -0.2) is 44.0 Å². The summed E-state index contributed by atoms with van der Waals surface area (Å²) in [6, 6.07) is 8.66. The normalized spacial score (nSPS) is 21.1. The van der Waals surface area contributed by atoms with Crippen molar-refractivity contribution in [1.82, 2.24) is 4.90 Å². The lowest BCUT2D eigenvalue weighted by Gasteiger charge is -2.27. The van der Waals surface area contributed by atoms with Gasteiger partial charge in [0.15, 0.2) is 6.29 Å². The van der Waals surface area contributed by atoms with Gasteiger partial charge in [0.05, 0.1) is 13.2 Å². The van der Waals surface area contributed by atoms with E-state index in [1.165, 1.54) is 16.7 Å². The first-order chi connectivity index (χ1) is 9.83. The molecule has 0 amide bonds. The molecule has 1 aromatic rings. The standard InChI is InChI=1S/C17H23NO2/c1-14-4-2-3-5-16(14)15-6-9-18(10-7-15)11-8-17-19-12-13-20-17/h2-6,17H,7-13H2,1H3. The minimum absolute atomic E-state index is 0.0248. The largest absolute Gasteiger partial charge is 0.350 e. The van der Waals surface area contributed by atoms with Crippen LogP contribution in [0.25, 0.3) is 5.57 Å². The number of ether oxygens (including phenoxy) is 2. The van der Waals surface area contributed by atoms with Gasteiger partial charge in [-0.15, -0.1) is 0 Å². The molecule has 3 rings (SSSR count). The second kappa shape index (κ2) is 6.53. The van der Waals surface area contributed by atoms with E-state index < -0.39 is 0 Å². The van der Waals surface area contributed by atoms with Gasteiger partial charge in [-0.3, -0.25) is 4.90 Å². The van der Waals surface area contributed by atoms with Crippen molar-refractivity contribution in [3.8, 4) is 0 Å². The number of hydrogen-bond acceptors (Lipinski definition) is 3. The molecule has 0 spiro atoms. The van der Waals surface area contributed by atoms with Gasteiger partial charge < -0.3 is 9.47 Å². The number of rotatable bonds is 4. The van der Waals surface area contributed by atoms with Crippen molar-refractivity contribution >= 4 is 5.57 Å². The van der Waals surface area contributed by atoms with Crippen LogP contribution < -0.4 is 0 Å². The molecule has 1 aromatic carbocycles. The van der Waals surface area contributed by atoms with Gasteiger partial charge >= 0.3 is 0 Å². The average Bonchev–Trinajstić information content (AvgIpc) is 3.00. The number of hydrogen-bond donors (Lipinski definition) is 0. The molecule has 0 bridgehead atoms. The van der Waals surface area contributed by atoms with Gasteiger partial charge in [0.1, 0.15) is 0 Å². The van der Waals surface area contributed by atoms with Crippen molar-refractivity contribution in [2.24, 2.45) is 0 Å². The first-order valence-corrected chi connectivity index (χ1v) is 7.53. The molecule has 3 heteroatoms. The lowest BCUT2D eigenvalue weighted by Crippen LogP contribution is -2.31. The van der Waals surface area contributed by atoms with E-state index >= 15 is 0 Å². The fraction of sp³-hybridized carbons (Fsp3) is 0.529. The van der Waals surface area contributed by atoms with Gasteiger partial charge in [-0.05, 0) is 30.0 Å². The minimum Gasteiger partial charge on any atom is -0.350 e. The summed E-state index contributed by atoms with van der Waals surface area (Å²) in [7, 11) is 0. The molecule has 2 heterocycles. The zero-order chi connectivity index (χ0) is 13.8. The predicted molar refractivity (Wildman–Crippen MR) is 80.5 cm³/mol. The SMILES string of the molecule is Cc1ccccc1C1=CCN(CCC2OCCO2)CC1. The van der Waals surface area contributed by atoms with Crippen LogP contribution in [0.4, 0.5) is 0 Å². The van der Waals surface area contributed by atoms with E-state index in [4.69, 9.17) is 9.47 Å². The molecule has 20 heavy (non-hydrogen) atoms. The molecule has 0 atom stereocenters. The third kappa shape index (κ3) is 3.29. The first kappa shape index (κ1) is 13.8. The molecule has 0 aliphatic carbocycles. The lowest BCUT2D eigenvalue weighted by molar-refractivity contribution is -0.0511. The Hall–Kier alpha value is -1.16. The van der Waals surface area contributed by atoms with E-state index in [2.05, 4.69) is 42.2 Å². The van der Waals surface area contributed by atoms with E-state index in [1.807, 2.05) is 0 Å². The van der Waals surface area contributed by atoms with Crippen LogP contribution in [0.2, 0.25) is 0 Å². The van der Waals surface area contributed by atoms with Gasteiger partial charge in [-0.25, -0.2) is 0 Å². The van der Waals surface area contributed by atoms with Crippen LogP contribution in [0.5, 0.6) is 0 Å². The molecular weight excluding hydrogens is 250 g/mol. The Balaban J connectivity index is 1.53. The number of aryl methyl sites for hydroxylation is 1. The fourth-order valence-electron chi connectivity index (χ4n) is 2.95. The maximum atomic E-state index is 5.49. The summed E-state index contributed by atoms with van der Waals surface area (Å²) in [6.45, 7) is 6.92. The maximum Gasteiger partial charge on any atom is 0.159 e. The van der Waals surface area contributed by atoms with Crippen LogP contribution in [0, 0.1) is 6.92 Å². The summed E-state index contributed by atoms with van der Waals surface area (Å²) in [6.07, 6.45) is 4.52. The molecule has 108 valence electrons. The zero-order valence-corrected chi connectivity index (χ0v) is 12.2. The van der Waals surface area contributed by atoms with Crippen molar-refractivity contribution < 1.29 is 9.47 Å². The smallest absolute Gasteiger partial charge is 0.159 e. The molecule has 0 unspecified atom stereocenters. The summed E-state index contributed by atoms with van der Waals surface area (Å²) >= 11 is 0. The van der Waals surface area contributed by atoms with Crippen LogP contribution in [0.3, 0.4) is 0 Å². The van der Waals surface area contributed by atoms with Crippen molar-refractivity contribution in [2.75, 3.05) is 32.8 Å². The molecule has 0 aromatic heterocycles. The summed E-state index contributed by atoms with van der Waals surface area (Å²) < 4.78 is 11.0. The van der Waals surface area contributed by atoms with Crippen LogP contribution in [0.15, 0.2) is 30.3 Å².